The van der Waals surface area contributed by atoms with Crippen molar-refractivity contribution in [3.8, 4) is 11.1 Å². The number of piperidine rings is 1. The highest BCUT2D eigenvalue weighted by Crippen LogP contribution is 2.29. The molecule has 3 aromatic rings. The summed E-state index contributed by atoms with van der Waals surface area (Å²) in [5.74, 6) is 0.568. The minimum Gasteiger partial charge on any atom is -0.356 e. The molecule has 1 aliphatic heterocycles. The summed E-state index contributed by atoms with van der Waals surface area (Å²) in [6.45, 7) is 5.64. The fourth-order valence-electron chi connectivity index (χ4n) is 3.44. The Morgan fingerprint density at radius 1 is 1.15 bits per heavy atom. The number of pyridine rings is 1. The van der Waals surface area contributed by atoms with E-state index in [1.807, 2.05) is 30.0 Å². The Kier molecular flexibility index (Phi) is 4.32. The van der Waals surface area contributed by atoms with Gasteiger partial charge in [0.05, 0.1) is 5.69 Å². The summed E-state index contributed by atoms with van der Waals surface area (Å²) in [6.07, 6.45) is 5.12. The summed E-state index contributed by atoms with van der Waals surface area (Å²) >= 11 is 0. The number of anilines is 1. The van der Waals surface area contributed by atoms with E-state index in [0.29, 0.717) is 5.82 Å². The molecule has 0 aliphatic carbocycles. The Hall–Kier alpha value is -2.89. The van der Waals surface area contributed by atoms with Crippen LogP contribution in [0, 0.1) is 13.8 Å². The van der Waals surface area contributed by atoms with Crippen molar-refractivity contribution in [2.24, 2.45) is 0 Å². The van der Waals surface area contributed by atoms with Crippen molar-refractivity contribution in [3.05, 3.63) is 41.7 Å². The Labute approximate surface area is 152 Å². The smallest absolute Gasteiger partial charge is 0.323 e. The highest BCUT2D eigenvalue weighted by Gasteiger charge is 2.17. The molecule has 0 radical (unpaired) electrons. The van der Waals surface area contributed by atoms with E-state index in [9.17, 15) is 4.79 Å². The lowest BCUT2D eigenvalue weighted by atomic mass is 10.00. The SMILES string of the molecule is Cc1cc2c(C)noc2cc1-c1ccc(NC(=O)N2CCCCC2)nc1. The highest BCUT2D eigenvalue weighted by atomic mass is 16.5. The quantitative estimate of drug-likeness (QED) is 0.737. The van der Waals surface area contributed by atoms with Gasteiger partial charge in [-0.15, -0.1) is 0 Å². The summed E-state index contributed by atoms with van der Waals surface area (Å²) < 4.78 is 5.38. The van der Waals surface area contributed by atoms with E-state index in [-0.39, 0.29) is 6.03 Å². The molecule has 6 heteroatoms. The van der Waals surface area contributed by atoms with Crippen LogP contribution in [0.1, 0.15) is 30.5 Å². The van der Waals surface area contributed by atoms with E-state index in [0.717, 1.165) is 59.3 Å². The molecule has 0 bridgehead atoms. The van der Waals surface area contributed by atoms with Crippen LogP contribution in [0.25, 0.3) is 22.1 Å². The van der Waals surface area contributed by atoms with E-state index < -0.39 is 0 Å². The third kappa shape index (κ3) is 3.14. The number of urea groups is 1. The van der Waals surface area contributed by atoms with Crippen LogP contribution in [0.3, 0.4) is 0 Å². The second-order valence-corrected chi connectivity index (χ2v) is 6.84. The van der Waals surface area contributed by atoms with Crippen LogP contribution in [0.5, 0.6) is 0 Å². The van der Waals surface area contributed by atoms with Gasteiger partial charge in [-0.25, -0.2) is 9.78 Å². The number of likely N-dealkylation sites (tertiary alicyclic amines) is 1. The number of hydrogen-bond donors (Lipinski definition) is 1. The maximum Gasteiger partial charge on any atom is 0.323 e. The van der Waals surface area contributed by atoms with Gasteiger partial charge in [-0.1, -0.05) is 5.16 Å². The van der Waals surface area contributed by atoms with Crippen molar-refractivity contribution >= 4 is 22.8 Å². The topological polar surface area (TPSA) is 71.3 Å². The molecule has 1 saturated heterocycles. The van der Waals surface area contributed by atoms with Gasteiger partial charge in [0.1, 0.15) is 5.82 Å². The van der Waals surface area contributed by atoms with Gasteiger partial charge in [0, 0.05) is 30.2 Å². The lowest BCUT2D eigenvalue weighted by molar-refractivity contribution is 0.200. The molecule has 2 amide bonds. The molecule has 6 nitrogen and oxygen atoms in total. The number of aromatic nitrogens is 2. The van der Waals surface area contributed by atoms with Gasteiger partial charge in [-0.3, -0.25) is 5.32 Å². The fraction of sp³-hybridized carbons (Fsp3) is 0.350. The van der Waals surface area contributed by atoms with Crippen molar-refractivity contribution in [1.29, 1.82) is 0 Å². The maximum absolute atomic E-state index is 12.3. The number of aryl methyl sites for hydroxylation is 2. The number of nitrogens with zero attached hydrogens (tertiary/aromatic N) is 3. The van der Waals surface area contributed by atoms with Crippen molar-refractivity contribution < 1.29 is 9.32 Å². The van der Waals surface area contributed by atoms with Crippen LogP contribution < -0.4 is 5.32 Å². The second kappa shape index (κ2) is 6.78. The summed E-state index contributed by atoms with van der Waals surface area (Å²) in [5.41, 5.74) is 4.83. The van der Waals surface area contributed by atoms with Gasteiger partial charge in [0.2, 0.25) is 0 Å². The van der Waals surface area contributed by atoms with Gasteiger partial charge >= 0.3 is 6.03 Å². The minimum atomic E-state index is -0.0697. The highest BCUT2D eigenvalue weighted by molar-refractivity contribution is 5.89. The predicted octanol–water partition coefficient (Wildman–Crippen LogP) is 4.52. The molecule has 2 aromatic heterocycles. The first-order valence-electron chi connectivity index (χ1n) is 9.01. The molecule has 4 rings (SSSR count). The Morgan fingerprint density at radius 2 is 1.96 bits per heavy atom. The zero-order chi connectivity index (χ0) is 18.1. The molecule has 26 heavy (non-hydrogen) atoms. The summed E-state index contributed by atoms with van der Waals surface area (Å²) in [5, 5.41) is 7.94. The number of hydrogen-bond acceptors (Lipinski definition) is 4. The number of fused-ring (bicyclic) bond motifs is 1. The van der Waals surface area contributed by atoms with E-state index in [2.05, 4.69) is 28.4 Å². The zero-order valence-electron chi connectivity index (χ0n) is 15.1. The van der Waals surface area contributed by atoms with Crippen molar-refractivity contribution in [1.82, 2.24) is 15.0 Å². The molecule has 3 heterocycles. The summed E-state index contributed by atoms with van der Waals surface area (Å²) in [6, 6.07) is 7.82. The average Bonchev–Trinajstić information content (AvgIpc) is 3.02. The Morgan fingerprint density at radius 3 is 2.69 bits per heavy atom. The van der Waals surface area contributed by atoms with Crippen LogP contribution in [0.4, 0.5) is 10.6 Å². The third-order valence-corrected chi connectivity index (χ3v) is 4.95. The van der Waals surface area contributed by atoms with E-state index >= 15 is 0 Å². The lowest BCUT2D eigenvalue weighted by Crippen LogP contribution is -2.38. The minimum absolute atomic E-state index is 0.0697. The van der Waals surface area contributed by atoms with E-state index in [1.165, 1.54) is 6.42 Å². The molecular weight excluding hydrogens is 328 g/mol. The maximum atomic E-state index is 12.3. The molecule has 1 N–H and O–H groups in total. The zero-order valence-corrected chi connectivity index (χ0v) is 15.1. The first-order chi connectivity index (χ1) is 12.6. The number of carbonyl (C=O) groups is 1. The van der Waals surface area contributed by atoms with Gasteiger partial charge < -0.3 is 9.42 Å². The van der Waals surface area contributed by atoms with Crippen LogP contribution >= 0.6 is 0 Å². The molecule has 134 valence electrons. The van der Waals surface area contributed by atoms with Gasteiger partial charge in [-0.2, -0.15) is 0 Å². The van der Waals surface area contributed by atoms with Gasteiger partial charge in [0.15, 0.2) is 5.58 Å². The molecular formula is C20H22N4O2. The van der Waals surface area contributed by atoms with Crippen LogP contribution in [0.15, 0.2) is 35.0 Å². The molecule has 1 aliphatic rings. The molecule has 0 unspecified atom stereocenters. The molecule has 1 aromatic carbocycles. The van der Waals surface area contributed by atoms with Gasteiger partial charge in [-0.05, 0) is 68.5 Å². The fourth-order valence-corrected chi connectivity index (χ4v) is 3.44. The molecule has 0 spiro atoms. The van der Waals surface area contributed by atoms with Crippen LogP contribution in [0.2, 0.25) is 0 Å². The van der Waals surface area contributed by atoms with E-state index in [4.69, 9.17) is 4.52 Å². The normalized spacial score (nSPS) is 14.6. The molecule has 0 saturated carbocycles. The average molecular weight is 350 g/mol. The van der Waals surface area contributed by atoms with Crippen LogP contribution in [-0.4, -0.2) is 34.2 Å². The number of rotatable bonds is 2. The first kappa shape index (κ1) is 16.6. The lowest BCUT2D eigenvalue weighted by Gasteiger charge is -2.26. The van der Waals surface area contributed by atoms with Crippen LogP contribution in [-0.2, 0) is 0 Å². The first-order valence-corrected chi connectivity index (χ1v) is 9.01. The largest absolute Gasteiger partial charge is 0.356 e. The predicted molar refractivity (Wildman–Crippen MR) is 101 cm³/mol. The van der Waals surface area contributed by atoms with Crippen molar-refractivity contribution in [3.63, 3.8) is 0 Å². The molecule has 0 atom stereocenters. The second-order valence-electron chi connectivity index (χ2n) is 6.84. The number of amides is 2. The Bertz CT molecular complexity index is 940. The monoisotopic (exact) mass is 350 g/mol. The number of carbonyl (C=O) groups excluding carboxylic acids is 1. The van der Waals surface area contributed by atoms with Crippen molar-refractivity contribution in [2.75, 3.05) is 18.4 Å². The number of benzene rings is 1. The summed E-state index contributed by atoms with van der Waals surface area (Å²) in [4.78, 5) is 18.5. The summed E-state index contributed by atoms with van der Waals surface area (Å²) in [7, 11) is 0. The third-order valence-electron chi connectivity index (χ3n) is 4.95. The number of nitrogens with one attached hydrogen (secondary N) is 1. The van der Waals surface area contributed by atoms with Crippen molar-refractivity contribution in [2.45, 2.75) is 33.1 Å². The standard InChI is InChI=1S/C20H22N4O2/c1-13-10-17-14(2)23-26-18(17)11-16(13)15-6-7-19(21-12-15)22-20(25)24-8-4-3-5-9-24/h6-7,10-12H,3-5,8-9H2,1-2H3,(H,21,22,25). The van der Waals surface area contributed by atoms with Gasteiger partial charge in [0.25, 0.3) is 0 Å². The van der Waals surface area contributed by atoms with E-state index in [1.54, 1.807) is 6.20 Å². The Balaban J connectivity index is 1.54. The molecule has 1 fully saturated rings.